The van der Waals surface area contributed by atoms with E-state index >= 15 is 0 Å². The Balaban J connectivity index is 1.48. The number of nitrogens with one attached hydrogen (secondary N) is 2. The number of halogens is 1. The van der Waals surface area contributed by atoms with Crippen molar-refractivity contribution in [3.8, 4) is 0 Å². The van der Waals surface area contributed by atoms with Crippen LogP contribution in [0.5, 0.6) is 0 Å². The first kappa shape index (κ1) is 18.0. The van der Waals surface area contributed by atoms with Crippen molar-refractivity contribution in [1.29, 1.82) is 0 Å². The molecule has 4 rings (SSSR count). The van der Waals surface area contributed by atoms with Crippen molar-refractivity contribution in [3.05, 3.63) is 64.4 Å². The molecule has 0 unspecified atom stereocenters. The van der Waals surface area contributed by atoms with Crippen LogP contribution in [0.25, 0.3) is 21.9 Å². The second kappa shape index (κ2) is 7.70. The lowest BCUT2D eigenvalue weighted by molar-refractivity contribution is -0.118. The van der Waals surface area contributed by atoms with Crippen LogP contribution in [0.3, 0.4) is 0 Å². The number of aromatic amines is 1. The molecular weight excluding hydrogens is 424 g/mol. The number of H-pyrrole nitrogens is 1. The lowest BCUT2D eigenvalue weighted by atomic mass is 10.2. The molecule has 0 spiro atoms. The fraction of sp³-hybridized carbons (Fsp3) is 0.150. The Bertz CT molecular complexity index is 1140. The molecule has 5 nitrogen and oxygen atoms in total. The topological polar surface area (TPSA) is 70.7 Å². The van der Waals surface area contributed by atoms with Gasteiger partial charge >= 0.3 is 0 Å². The summed E-state index contributed by atoms with van der Waals surface area (Å²) in [5.41, 5.74) is 5.02. The summed E-state index contributed by atoms with van der Waals surface area (Å²) in [6, 6.07) is 14.1. The molecule has 2 N–H and O–H groups in total. The Kier molecular flexibility index (Phi) is 5.13. The predicted molar refractivity (Wildman–Crippen MR) is 113 cm³/mol. The van der Waals surface area contributed by atoms with Crippen molar-refractivity contribution in [1.82, 2.24) is 20.3 Å². The molecule has 0 fully saturated rings. The van der Waals surface area contributed by atoms with Crippen LogP contribution >= 0.6 is 27.7 Å². The molecule has 0 aliphatic heterocycles. The lowest BCUT2D eigenvalue weighted by Crippen LogP contribution is -2.24. The minimum Gasteiger partial charge on any atom is -0.351 e. The van der Waals surface area contributed by atoms with Gasteiger partial charge in [0.25, 0.3) is 0 Å². The predicted octanol–water partition coefficient (Wildman–Crippen LogP) is 4.59. The zero-order valence-electron chi connectivity index (χ0n) is 14.6. The van der Waals surface area contributed by atoms with E-state index in [1.54, 1.807) is 6.33 Å². The second-order valence-corrected chi connectivity index (χ2v) is 8.05. The van der Waals surface area contributed by atoms with Crippen LogP contribution in [0.4, 0.5) is 0 Å². The number of rotatable bonds is 5. The summed E-state index contributed by atoms with van der Waals surface area (Å²) in [7, 11) is 0. The normalized spacial score (nSPS) is 11.2. The zero-order valence-corrected chi connectivity index (χ0v) is 17.0. The molecule has 0 aliphatic carbocycles. The van der Waals surface area contributed by atoms with Gasteiger partial charge in [0, 0.05) is 21.9 Å². The van der Waals surface area contributed by atoms with Crippen molar-refractivity contribution in [2.45, 2.75) is 18.5 Å². The minimum absolute atomic E-state index is 0.0329. The molecule has 27 heavy (non-hydrogen) atoms. The quantitative estimate of drug-likeness (QED) is 0.351. The number of carbonyl (C=O) groups excluding carboxylic acids is 1. The van der Waals surface area contributed by atoms with Crippen molar-refractivity contribution in [2.24, 2.45) is 0 Å². The molecule has 0 saturated heterocycles. The van der Waals surface area contributed by atoms with Gasteiger partial charge in [-0.05, 0) is 30.7 Å². The standard InChI is InChI=1S/C20H17BrN4OS/c1-12-6-7-16-14(8-12)18-19(25-16)20(24-11-23-18)27-10-17(26)22-9-13-4-2-3-5-15(13)21/h2-8,11,25H,9-10H2,1H3,(H,22,26). The van der Waals surface area contributed by atoms with Gasteiger partial charge in [-0.3, -0.25) is 4.79 Å². The largest absolute Gasteiger partial charge is 0.351 e. The van der Waals surface area contributed by atoms with Gasteiger partial charge in [0.2, 0.25) is 5.91 Å². The van der Waals surface area contributed by atoms with Crippen molar-refractivity contribution in [3.63, 3.8) is 0 Å². The SMILES string of the molecule is Cc1ccc2[nH]c3c(SCC(=O)NCc4ccccc4Br)ncnc3c2c1. The van der Waals surface area contributed by atoms with Gasteiger partial charge in [-0.1, -0.05) is 57.5 Å². The maximum Gasteiger partial charge on any atom is 0.230 e. The van der Waals surface area contributed by atoms with Crippen molar-refractivity contribution >= 4 is 55.5 Å². The maximum absolute atomic E-state index is 12.3. The van der Waals surface area contributed by atoms with E-state index in [1.165, 1.54) is 17.3 Å². The molecule has 0 aliphatic rings. The third-order valence-corrected chi connectivity index (χ3v) is 6.04. The van der Waals surface area contributed by atoms with E-state index in [-0.39, 0.29) is 5.91 Å². The smallest absolute Gasteiger partial charge is 0.230 e. The number of hydrogen-bond donors (Lipinski definition) is 2. The summed E-state index contributed by atoms with van der Waals surface area (Å²) in [4.78, 5) is 24.4. The number of fused-ring (bicyclic) bond motifs is 3. The molecule has 136 valence electrons. The summed E-state index contributed by atoms with van der Waals surface area (Å²) in [6.07, 6.45) is 1.55. The van der Waals surface area contributed by atoms with Crippen LogP contribution in [-0.4, -0.2) is 26.6 Å². The first-order valence-electron chi connectivity index (χ1n) is 8.48. The average Bonchev–Trinajstić information content (AvgIpc) is 3.04. The van der Waals surface area contributed by atoms with Gasteiger partial charge in [0.05, 0.1) is 11.3 Å². The Morgan fingerprint density at radius 1 is 1.22 bits per heavy atom. The van der Waals surface area contributed by atoms with E-state index in [9.17, 15) is 4.79 Å². The number of carbonyl (C=O) groups is 1. The maximum atomic E-state index is 12.3. The van der Waals surface area contributed by atoms with Crippen molar-refractivity contribution < 1.29 is 4.79 Å². The Hall–Kier alpha value is -2.38. The summed E-state index contributed by atoms with van der Waals surface area (Å²) < 4.78 is 0.990. The first-order chi connectivity index (χ1) is 13.1. The molecule has 4 aromatic rings. The van der Waals surface area contributed by atoms with E-state index in [1.807, 2.05) is 30.3 Å². The highest BCUT2D eigenvalue weighted by molar-refractivity contribution is 9.10. The molecule has 0 atom stereocenters. The average molecular weight is 441 g/mol. The Labute approximate surface area is 169 Å². The highest BCUT2D eigenvalue weighted by Gasteiger charge is 2.13. The number of nitrogens with zero attached hydrogens (tertiary/aromatic N) is 2. The van der Waals surface area contributed by atoms with Crippen LogP contribution in [0, 0.1) is 6.92 Å². The lowest BCUT2D eigenvalue weighted by Gasteiger charge is -2.07. The van der Waals surface area contributed by atoms with E-state index in [0.29, 0.717) is 12.3 Å². The number of aryl methyl sites for hydroxylation is 1. The molecule has 2 aromatic carbocycles. The summed E-state index contributed by atoms with van der Waals surface area (Å²) in [5, 5.41) is 4.81. The van der Waals surface area contributed by atoms with Gasteiger partial charge < -0.3 is 10.3 Å². The monoisotopic (exact) mass is 440 g/mol. The van der Waals surface area contributed by atoms with E-state index in [2.05, 4.69) is 55.3 Å². The Morgan fingerprint density at radius 2 is 2.07 bits per heavy atom. The summed E-state index contributed by atoms with van der Waals surface area (Å²) in [6.45, 7) is 2.55. The van der Waals surface area contributed by atoms with Crippen LogP contribution in [-0.2, 0) is 11.3 Å². The third-order valence-electron chi connectivity index (χ3n) is 4.28. The number of aromatic nitrogens is 3. The fourth-order valence-corrected chi connectivity index (χ4v) is 4.12. The molecule has 0 saturated carbocycles. The highest BCUT2D eigenvalue weighted by Crippen LogP contribution is 2.30. The number of thioether (sulfide) groups is 1. The summed E-state index contributed by atoms with van der Waals surface area (Å²) in [5.74, 6) is 0.264. The number of hydrogen-bond acceptors (Lipinski definition) is 4. The molecule has 1 amide bonds. The number of amides is 1. The molecular formula is C20H17BrN4OS. The molecule has 0 radical (unpaired) electrons. The van der Waals surface area contributed by atoms with Gasteiger partial charge in [0.15, 0.2) is 0 Å². The number of benzene rings is 2. The van der Waals surface area contributed by atoms with E-state index < -0.39 is 0 Å². The van der Waals surface area contributed by atoms with Crippen LogP contribution < -0.4 is 5.32 Å². The Morgan fingerprint density at radius 3 is 2.93 bits per heavy atom. The van der Waals surface area contributed by atoms with Gasteiger partial charge in [-0.25, -0.2) is 9.97 Å². The van der Waals surface area contributed by atoms with Crippen LogP contribution in [0.15, 0.2) is 58.3 Å². The summed E-state index contributed by atoms with van der Waals surface area (Å²) >= 11 is 4.90. The fourth-order valence-electron chi connectivity index (χ4n) is 2.91. The third kappa shape index (κ3) is 3.84. The first-order valence-corrected chi connectivity index (χ1v) is 10.3. The highest BCUT2D eigenvalue weighted by atomic mass is 79.9. The van der Waals surface area contributed by atoms with Gasteiger partial charge in [-0.2, -0.15) is 0 Å². The zero-order chi connectivity index (χ0) is 18.8. The molecule has 2 heterocycles. The van der Waals surface area contributed by atoms with Crippen molar-refractivity contribution in [2.75, 3.05) is 5.75 Å². The van der Waals surface area contributed by atoms with E-state index in [4.69, 9.17) is 0 Å². The molecule has 2 aromatic heterocycles. The molecule has 7 heteroatoms. The van der Waals surface area contributed by atoms with Gasteiger partial charge in [0.1, 0.15) is 16.9 Å². The second-order valence-electron chi connectivity index (χ2n) is 6.23. The minimum atomic E-state index is -0.0329. The van der Waals surface area contributed by atoms with Crippen LogP contribution in [0.2, 0.25) is 0 Å². The molecule has 0 bridgehead atoms. The van der Waals surface area contributed by atoms with Crippen LogP contribution in [0.1, 0.15) is 11.1 Å². The van der Waals surface area contributed by atoms with E-state index in [0.717, 1.165) is 37.0 Å². The van der Waals surface area contributed by atoms with Gasteiger partial charge in [-0.15, -0.1) is 0 Å².